The number of β-lactam (4-membered cyclic amide) rings is 1. The summed E-state index contributed by atoms with van der Waals surface area (Å²) in [6.07, 6.45) is 1.21. The highest BCUT2D eigenvalue weighted by Gasteiger charge is 2.54. The molecule has 1 aromatic heterocycles. The number of carbonyl (C=O) groups excluding carboxylic acids is 3. The molecule has 0 radical (unpaired) electrons. The first-order chi connectivity index (χ1) is 21.1. The third-order valence-corrected chi connectivity index (χ3v) is 10.5. The van der Waals surface area contributed by atoms with Crippen molar-refractivity contribution in [2.24, 2.45) is 0 Å². The number of carbonyl (C=O) groups is 3. The maximum atomic E-state index is 14.0. The van der Waals surface area contributed by atoms with Crippen molar-refractivity contribution in [3.05, 3.63) is 124 Å². The number of esters is 1. The van der Waals surface area contributed by atoms with Crippen LogP contribution in [-0.4, -0.2) is 60.3 Å². The molecule has 3 heterocycles. The number of amides is 2. The Balaban J connectivity index is 1.24. The van der Waals surface area contributed by atoms with E-state index in [1.807, 2.05) is 91.0 Å². The molecule has 2 atom stereocenters. The minimum atomic E-state index is -0.723. The van der Waals surface area contributed by atoms with Crippen molar-refractivity contribution in [2.75, 3.05) is 10.8 Å². The van der Waals surface area contributed by atoms with Crippen LogP contribution in [0.4, 0.5) is 0 Å². The van der Waals surface area contributed by atoms with E-state index in [1.54, 1.807) is 6.20 Å². The molecule has 0 unspecified atom stereocenters. The number of H-pyrrole nitrogens is 1. The monoisotopic (exact) mass is 629 g/mol. The van der Waals surface area contributed by atoms with Crippen LogP contribution in [0.2, 0.25) is 0 Å². The quantitative estimate of drug-likeness (QED) is 0.105. The number of thioether (sulfide) groups is 3. The summed E-state index contributed by atoms with van der Waals surface area (Å²) in [7, 11) is 0. The van der Waals surface area contributed by atoms with Crippen molar-refractivity contribution >= 4 is 53.1 Å². The van der Waals surface area contributed by atoms with E-state index in [9.17, 15) is 14.4 Å². The van der Waals surface area contributed by atoms with E-state index >= 15 is 0 Å². The van der Waals surface area contributed by atoms with Gasteiger partial charge in [-0.3, -0.25) is 19.6 Å². The molecule has 1 fully saturated rings. The Bertz CT molecular complexity index is 1560. The Morgan fingerprint density at radius 1 is 0.977 bits per heavy atom. The molecule has 6 rings (SSSR count). The summed E-state index contributed by atoms with van der Waals surface area (Å²) in [4.78, 5) is 42.6. The molecule has 43 heavy (non-hydrogen) atoms. The smallest absolute Gasteiger partial charge is 0.356 e. The molecule has 0 spiro atoms. The van der Waals surface area contributed by atoms with Gasteiger partial charge in [0, 0.05) is 10.7 Å². The summed E-state index contributed by atoms with van der Waals surface area (Å²) in [6.45, 7) is 0. The van der Waals surface area contributed by atoms with Crippen LogP contribution < -0.4 is 5.32 Å². The van der Waals surface area contributed by atoms with E-state index in [0.717, 1.165) is 26.6 Å². The molecular weight excluding hydrogens is 603 g/mol. The molecule has 2 aliphatic heterocycles. The molecule has 2 amide bonds. The SMILES string of the molecule is O=C(Cc1ccccc1)N[C@@H]1C(=O)N2C(C(=O)OC(c3ccccc3)c3ccccc3)=C(SCSc3c[nH]nn3)CS[C@H]12. The maximum Gasteiger partial charge on any atom is 0.356 e. The lowest BCUT2D eigenvalue weighted by atomic mass is 10.0. The molecule has 4 aromatic rings. The molecule has 0 saturated carbocycles. The third kappa shape index (κ3) is 6.66. The lowest BCUT2D eigenvalue weighted by Gasteiger charge is -2.49. The number of nitrogens with one attached hydrogen (secondary N) is 2. The summed E-state index contributed by atoms with van der Waals surface area (Å²) in [6, 6.07) is 27.7. The summed E-state index contributed by atoms with van der Waals surface area (Å²) >= 11 is 4.46. The third-order valence-electron chi connectivity index (χ3n) is 6.91. The molecule has 9 nitrogen and oxygen atoms in total. The van der Waals surface area contributed by atoms with Crippen LogP contribution in [0.3, 0.4) is 0 Å². The zero-order chi connectivity index (χ0) is 29.6. The van der Waals surface area contributed by atoms with Crippen LogP contribution >= 0.6 is 35.3 Å². The van der Waals surface area contributed by atoms with Crippen LogP contribution in [0.1, 0.15) is 22.8 Å². The number of fused-ring (bicyclic) bond motifs is 1. The van der Waals surface area contributed by atoms with Crippen LogP contribution in [0.15, 0.2) is 113 Å². The zero-order valence-corrected chi connectivity index (χ0v) is 25.2. The standard InChI is InChI=1S/C31H27N5O4S3/c37-24(16-20-10-4-1-5-11-20)33-26-29(38)36-27(23(18-41-30(26)36)42-19-43-25-17-32-35-34-25)31(39)40-28(21-12-6-2-7-13-21)22-14-8-3-9-15-22/h1-15,17,26,28,30H,16,18-19H2,(H,33,37)(H,32,34,35)/t26-,30-/m1/s1. The van der Waals surface area contributed by atoms with E-state index in [0.29, 0.717) is 10.8 Å². The number of ether oxygens (including phenoxy) is 1. The highest BCUT2D eigenvalue weighted by molar-refractivity contribution is 8.18. The molecule has 218 valence electrons. The normalized spacial score (nSPS) is 17.8. The lowest BCUT2D eigenvalue weighted by molar-refractivity contribution is -0.154. The van der Waals surface area contributed by atoms with Crippen LogP contribution in [0, 0.1) is 0 Å². The fraction of sp³-hybridized carbons (Fsp3) is 0.194. The Kier molecular flexibility index (Phi) is 9.16. The van der Waals surface area contributed by atoms with E-state index in [2.05, 4.69) is 20.7 Å². The van der Waals surface area contributed by atoms with E-state index in [-0.39, 0.29) is 23.9 Å². The second-order valence-electron chi connectivity index (χ2n) is 9.71. The number of aromatic nitrogens is 3. The zero-order valence-electron chi connectivity index (χ0n) is 22.8. The number of aromatic amines is 1. The van der Waals surface area contributed by atoms with Crippen LogP contribution in [0.5, 0.6) is 0 Å². The fourth-order valence-electron chi connectivity index (χ4n) is 4.87. The van der Waals surface area contributed by atoms with Crippen molar-refractivity contribution in [3.63, 3.8) is 0 Å². The first-order valence-corrected chi connectivity index (χ1v) is 16.5. The molecule has 2 N–H and O–H groups in total. The van der Waals surface area contributed by atoms with E-state index in [4.69, 9.17) is 4.74 Å². The van der Waals surface area contributed by atoms with Gasteiger partial charge in [0.05, 0.1) is 17.7 Å². The predicted octanol–water partition coefficient (Wildman–Crippen LogP) is 4.77. The van der Waals surface area contributed by atoms with Gasteiger partial charge in [0.2, 0.25) is 5.91 Å². The van der Waals surface area contributed by atoms with Crippen molar-refractivity contribution < 1.29 is 19.1 Å². The molecule has 1 saturated heterocycles. The van der Waals surface area contributed by atoms with Gasteiger partial charge in [0.25, 0.3) is 5.91 Å². The fourth-order valence-corrected chi connectivity index (χ4v) is 8.44. The number of rotatable bonds is 11. The van der Waals surface area contributed by atoms with Crippen molar-refractivity contribution in [1.29, 1.82) is 0 Å². The van der Waals surface area contributed by atoms with Gasteiger partial charge in [-0.15, -0.1) is 28.6 Å². The summed E-state index contributed by atoms with van der Waals surface area (Å²) in [5, 5.41) is 14.2. The van der Waals surface area contributed by atoms with Crippen molar-refractivity contribution in [1.82, 2.24) is 25.6 Å². The number of benzene rings is 3. The van der Waals surface area contributed by atoms with Gasteiger partial charge in [0.15, 0.2) is 6.10 Å². The highest BCUT2D eigenvalue weighted by atomic mass is 32.2. The molecule has 3 aromatic carbocycles. The topological polar surface area (TPSA) is 117 Å². The molecular formula is C31H27N5O4S3. The van der Waals surface area contributed by atoms with Gasteiger partial charge in [-0.25, -0.2) is 4.79 Å². The Morgan fingerprint density at radius 2 is 1.63 bits per heavy atom. The van der Waals surface area contributed by atoms with Crippen molar-refractivity contribution in [2.45, 2.75) is 29.0 Å². The van der Waals surface area contributed by atoms with E-state index < -0.39 is 23.5 Å². The average Bonchev–Trinajstić information content (AvgIpc) is 3.57. The largest absolute Gasteiger partial charge is 0.448 e. The number of hydrogen-bond acceptors (Lipinski definition) is 9. The van der Waals surface area contributed by atoms with Gasteiger partial charge in [-0.2, -0.15) is 0 Å². The second kappa shape index (κ2) is 13.5. The van der Waals surface area contributed by atoms with Gasteiger partial charge in [-0.05, 0) is 16.7 Å². The molecule has 2 aliphatic rings. The summed E-state index contributed by atoms with van der Waals surface area (Å²) in [5.41, 5.74) is 2.73. The first kappa shape index (κ1) is 29.1. The predicted molar refractivity (Wildman–Crippen MR) is 168 cm³/mol. The Hall–Kier alpha value is -4.00. The van der Waals surface area contributed by atoms with Crippen LogP contribution in [-0.2, 0) is 25.5 Å². The second-order valence-corrected chi connectivity index (χ2v) is 13.3. The minimum absolute atomic E-state index is 0.170. The van der Waals surface area contributed by atoms with Crippen LogP contribution in [0.25, 0.3) is 0 Å². The van der Waals surface area contributed by atoms with Crippen molar-refractivity contribution in [3.8, 4) is 0 Å². The van der Waals surface area contributed by atoms with E-state index in [1.165, 1.54) is 40.2 Å². The maximum absolute atomic E-state index is 14.0. The van der Waals surface area contributed by atoms with Gasteiger partial charge < -0.3 is 10.1 Å². The lowest BCUT2D eigenvalue weighted by Crippen LogP contribution is -2.70. The number of nitrogens with zero attached hydrogens (tertiary/aromatic N) is 3. The summed E-state index contributed by atoms with van der Waals surface area (Å²) in [5.74, 6) is -0.659. The Morgan fingerprint density at radius 3 is 2.26 bits per heavy atom. The average molecular weight is 630 g/mol. The van der Waals surface area contributed by atoms with Gasteiger partial charge >= 0.3 is 5.97 Å². The Labute approximate surface area is 261 Å². The van der Waals surface area contributed by atoms with Gasteiger partial charge in [-0.1, -0.05) is 108 Å². The highest BCUT2D eigenvalue weighted by Crippen LogP contribution is 2.45. The molecule has 0 bridgehead atoms. The summed E-state index contributed by atoms with van der Waals surface area (Å²) < 4.78 is 6.21. The number of hydrogen-bond donors (Lipinski definition) is 2. The minimum Gasteiger partial charge on any atom is -0.448 e. The molecule has 0 aliphatic carbocycles. The first-order valence-electron chi connectivity index (χ1n) is 13.5. The molecule has 12 heteroatoms. The van der Waals surface area contributed by atoms with Gasteiger partial charge in [0.1, 0.15) is 22.1 Å².